The van der Waals surface area contributed by atoms with Crippen molar-refractivity contribution in [3.8, 4) is 0 Å². The molecule has 2 aromatic heterocycles. The number of nitrogens with zero attached hydrogens (tertiary/aromatic N) is 3. The van der Waals surface area contributed by atoms with Crippen LogP contribution < -0.4 is 0 Å². The lowest BCUT2D eigenvalue weighted by molar-refractivity contribution is 0.368. The monoisotopic (exact) mass is 459 g/mol. The molecule has 34 heavy (non-hydrogen) atoms. The molecule has 0 radical (unpaired) electrons. The molecular weight excluding hydrogens is 414 g/mol. The maximum atomic E-state index is 4.51. The number of rotatable bonds is 0. The first-order valence-electron chi connectivity index (χ1n) is 12.5. The zero-order valence-corrected chi connectivity index (χ0v) is 23.5. The number of fused-ring (bicyclic) bond motifs is 2. The van der Waals surface area contributed by atoms with Crippen molar-refractivity contribution in [2.75, 3.05) is 0 Å². The molecule has 0 unspecified atom stereocenters. The predicted octanol–water partition coefficient (Wildman–Crippen LogP) is 8.78. The van der Waals surface area contributed by atoms with Crippen molar-refractivity contribution in [2.24, 2.45) is 0 Å². The minimum atomic E-state index is 0.0327. The van der Waals surface area contributed by atoms with Crippen LogP contribution in [0, 0.1) is 0 Å². The number of benzene rings is 2. The second kappa shape index (κ2) is 8.59. The van der Waals surface area contributed by atoms with Gasteiger partial charge in [0.25, 0.3) is 0 Å². The van der Waals surface area contributed by atoms with E-state index in [2.05, 4.69) is 146 Å². The van der Waals surface area contributed by atoms with Gasteiger partial charge >= 0.3 is 0 Å². The van der Waals surface area contributed by atoms with Crippen LogP contribution in [0.5, 0.6) is 0 Å². The number of aromatic nitrogens is 3. The fraction of sp³-hybridized carbons (Fsp3) is 0.516. The summed E-state index contributed by atoms with van der Waals surface area (Å²) in [5, 5.41) is 7.08. The van der Waals surface area contributed by atoms with Crippen LogP contribution >= 0.6 is 0 Å². The van der Waals surface area contributed by atoms with Gasteiger partial charge in [-0.05, 0) is 99.2 Å². The van der Waals surface area contributed by atoms with Crippen LogP contribution in [0.1, 0.15) is 94.2 Å². The Bertz CT molecular complexity index is 1170. The summed E-state index contributed by atoms with van der Waals surface area (Å²) < 4.78 is 4.43. The average Bonchev–Trinajstić information content (AvgIpc) is 3.29. The first kappa shape index (κ1) is 26.1. The van der Waals surface area contributed by atoms with Crippen LogP contribution in [0.4, 0.5) is 0 Å². The van der Waals surface area contributed by atoms with Gasteiger partial charge in [0.05, 0.1) is 17.3 Å². The smallest absolute Gasteiger partial charge is 0.0688 e. The lowest BCUT2D eigenvalue weighted by Gasteiger charge is -2.23. The first-order valence-corrected chi connectivity index (χ1v) is 12.5. The van der Waals surface area contributed by atoms with Crippen molar-refractivity contribution >= 4 is 21.8 Å². The summed E-state index contributed by atoms with van der Waals surface area (Å²) in [6.45, 7) is 26.7. The molecule has 0 saturated carbocycles. The molecule has 0 N–H and O–H groups in total. The Kier molecular flexibility index (Phi) is 6.58. The van der Waals surface area contributed by atoms with Crippen LogP contribution in [0.2, 0.25) is 0 Å². The van der Waals surface area contributed by atoms with E-state index in [9.17, 15) is 0 Å². The van der Waals surface area contributed by atoms with Crippen LogP contribution in [-0.4, -0.2) is 14.3 Å². The highest BCUT2D eigenvalue weighted by Gasteiger charge is 2.20. The zero-order valence-electron chi connectivity index (χ0n) is 23.5. The molecule has 0 atom stereocenters. The fourth-order valence-electron chi connectivity index (χ4n) is 4.23. The first-order chi connectivity index (χ1) is 15.4. The fourth-order valence-corrected chi connectivity index (χ4v) is 4.23. The highest BCUT2D eigenvalue weighted by Crippen LogP contribution is 2.30. The predicted molar refractivity (Wildman–Crippen MR) is 149 cm³/mol. The SMILES string of the molecule is CC(C)(C)c1ccc2c(ccn2C(C)(C)C)c1.CC(C)(C)c1ccc2c(cnn2C(C)(C)C)c1. The minimum Gasteiger partial charge on any atom is -0.342 e. The average molecular weight is 460 g/mol. The van der Waals surface area contributed by atoms with E-state index in [-0.39, 0.29) is 21.9 Å². The Balaban J connectivity index is 0.000000191. The Morgan fingerprint density at radius 3 is 1.53 bits per heavy atom. The van der Waals surface area contributed by atoms with Gasteiger partial charge in [-0.3, -0.25) is 4.68 Å². The summed E-state index contributed by atoms with van der Waals surface area (Å²) in [6.07, 6.45) is 4.16. The van der Waals surface area contributed by atoms with Gasteiger partial charge in [-0.2, -0.15) is 5.10 Å². The number of hydrogen-bond acceptors (Lipinski definition) is 1. The summed E-state index contributed by atoms with van der Waals surface area (Å²) in [5.74, 6) is 0. The lowest BCUT2D eigenvalue weighted by Crippen LogP contribution is -2.22. The Morgan fingerprint density at radius 2 is 1.06 bits per heavy atom. The van der Waals surface area contributed by atoms with Gasteiger partial charge in [-0.15, -0.1) is 0 Å². The summed E-state index contributed by atoms with van der Waals surface area (Å²) in [5.41, 5.74) is 5.89. The molecule has 0 aliphatic rings. The van der Waals surface area contributed by atoms with Crippen LogP contribution in [0.15, 0.2) is 54.9 Å². The van der Waals surface area contributed by atoms with Crippen LogP contribution in [0.25, 0.3) is 21.8 Å². The highest BCUT2D eigenvalue weighted by atomic mass is 15.3. The van der Waals surface area contributed by atoms with E-state index in [0.717, 1.165) is 0 Å². The van der Waals surface area contributed by atoms with Gasteiger partial charge in [-0.1, -0.05) is 53.7 Å². The molecule has 184 valence electrons. The zero-order chi connectivity index (χ0) is 25.7. The van der Waals surface area contributed by atoms with Crippen molar-refractivity contribution in [3.63, 3.8) is 0 Å². The molecule has 0 amide bonds. The topological polar surface area (TPSA) is 22.8 Å². The lowest BCUT2D eigenvalue weighted by atomic mass is 9.86. The number of hydrogen-bond donors (Lipinski definition) is 0. The van der Waals surface area contributed by atoms with E-state index in [4.69, 9.17) is 0 Å². The largest absolute Gasteiger partial charge is 0.342 e. The molecule has 0 saturated heterocycles. The van der Waals surface area contributed by atoms with E-state index in [1.165, 1.54) is 32.9 Å². The molecule has 0 bridgehead atoms. The van der Waals surface area contributed by atoms with Crippen molar-refractivity contribution in [3.05, 3.63) is 66.0 Å². The summed E-state index contributed by atoms with van der Waals surface area (Å²) in [4.78, 5) is 0. The van der Waals surface area contributed by atoms with Crippen LogP contribution in [-0.2, 0) is 21.9 Å². The molecule has 4 rings (SSSR count). The van der Waals surface area contributed by atoms with Gasteiger partial charge in [0, 0.05) is 22.6 Å². The molecule has 3 nitrogen and oxygen atoms in total. The van der Waals surface area contributed by atoms with Crippen LogP contribution in [0.3, 0.4) is 0 Å². The quantitative estimate of drug-likeness (QED) is 0.258. The summed E-state index contributed by atoms with van der Waals surface area (Å²) in [7, 11) is 0. The Hall–Kier alpha value is -2.55. The standard InChI is InChI=1S/C16H23N.C15H22N2/c1-15(2,3)13-7-8-14-12(11-13)9-10-17(14)16(4,5)6;1-14(2,3)12-7-8-13-11(9-12)10-16-17(13)15(4,5)6/h7-11H,1-6H3;7-10H,1-6H3. The summed E-state index contributed by atoms with van der Waals surface area (Å²) >= 11 is 0. The van der Waals surface area contributed by atoms with E-state index in [0.29, 0.717) is 0 Å². The molecule has 4 aromatic rings. The van der Waals surface area contributed by atoms with E-state index in [1.54, 1.807) is 0 Å². The molecule has 2 aromatic carbocycles. The molecule has 0 aliphatic carbocycles. The summed E-state index contributed by atoms with van der Waals surface area (Å²) in [6, 6.07) is 15.7. The van der Waals surface area contributed by atoms with Gasteiger partial charge in [-0.25, -0.2) is 0 Å². The van der Waals surface area contributed by atoms with Crippen molar-refractivity contribution in [2.45, 2.75) is 105 Å². The second-order valence-electron chi connectivity index (χ2n) is 13.6. The molecule has 0 spiro atoms. The molecule has 2 heterocycles. The molecule has 0 aliphatic heterocycles. The van der Waals surface area contributed by atoms with Crippen molar-refractivity contribution in [1.29, 1.82) is 0 Å². The molecular formula is C31H45N3. The molecule has 3 heteroatoms. The van der Waals surface area contributed by atoms with E-state index < -0.39 is 0 Å². The Labute approximate surface area is 207 Å². The third-order valence-corrected chi connectivity index (χ3v) is 6.35. The Morgan fingerprint density at radius 1 is 0.559 bits per heavy atom. The third-order valence-electron chi connectivity index (χ3n) is 6.35. The van der Waals surface area contributed by atoms with Gasteiger partial charge in [0.2, 0.25) is 0 Å². The maximum Gasteiger partial charge on any atom is 0.0688 e. The second-order valence-corrected chi connectivity index (χ2v) is 13.6. The third kappa shape index (κ3) is 5.56. The highest BCUT2D eigenvalue weighted by molar-refractivity contribution is 5.81. The maximum absolute atomic E-state index is 4.51. The minimum absolute atomic E-state index is 0.0327. The van der Waals surface area contributed by atoms with Crippen molar-refractivity contribution in [1.82, 2.24) is 14.3 Å². The van der Waals surface area contributed by atoms with Gasteiger partial charge in [0.15, 0.2) is 0 Å². The van der Waals surface area contributed by atoms with Gasteiger partial charge < -0.3 is 4.57 Å². The normalized spacial score (nSPS) is 13.3. The van der Waals surface area contributed by atoms with Crippen molar-refractivity contribution < 1.29 is 0 Å². The van der Waals surface area contributed by atoms with E-state index in [1.807, 2.05) is 6.20 Å². The van der Waals surface area contributed by atoms with E-state index >= 15 is 0 Å². The molecule has 0 fully saturated rings. The van der Waals surface area contributed by atoms with Gasteiger partial charge in [0.1, 0.15) is 0 Å².